The average Bonchev–Trinajstić information content (AvgIpc) is 2.69. The highest BCUT2D eigenvalue weighted by molar-refractivity contribution is 8.15. The molecule has 1 atom stereocenters. The third-order valence-corrected chi connectivity index (χ3v) is 3.32. The zero-order valence-corrected chi connectivity index (χ0v) is 10.8. The minimum atomic E-state index is -0.465. The first kappa shape index (κ1) is 13.2. The molecule has 1 saturated heterocycles. The molecule has 0 unspecified atom stereocenters. The van der Waals surface area contributed by atoms with Gasteiger partial charge in [-0.15, -0.1) is 5.10 Å². The molecule has 0 bridgehead atoms. The van der Waals surface area contributed by atoms with Crippen LogP contribution in [0.25, 0.3) is 0 Å². The zero-order valence-electron chi connectivity index (χ0n) is 9.94. The highest BCUT2D eigenvalue weighted by Crippen LogP contribution is 2.18. The van der Waals surface area contributed by atoms with E-state index in [0.717, 1.165) is 0 Å². The Balaban J connectivity index is 2.01. The van der Waals surface area contributed by atoms with Crippen LogP contribution in [0.3, 0.4) is 0 Å². The van der Waals surface area contributed by atoms with Crippen LogP contribution in [0.2, 0.25) is 0 Å². The van der Waals surface area contributed by atoms with Crippen LogP contribution in [-0.4, -0.2) is 27.5 Å². The lowest BCUT2D eigenvalue weighted by molar-refractivity contribution is -0.384. The van der Waals surface area contributed by atoms with Gasteiger partial charge in [0, 0.05) is 12.1 Å². The fourth-order valence-corrected chi connectivity index (χ4v) is 2.09. The van der Waals surface area contributed by atoms with Crippen LogP contribution < -0.4 is 5.32 Å². The number of non-ortho nitro benzene ring substituents is 1. The van der Waals surface area contributed by atoms with Gasteiger partial charge in [0.15, 0.2) is 5.17 Å². The Labute approximate surface area is 112 Å². The van der Waals surface area contributed by atoms with Gasteiger partial charge in [0.2, 0.25) is 5.91 Å². The number of hydrogen-bond acceptors (Lipinski definition) is 6. The summed E-state index contributed by atoms with van der Waals surface area (Å²) < 4.78 is 0. The quantitative estimate of drug-likeness (QED) is 0.515. The van der Waals surface area contributed by atoms with Crippen molar-refractivity contribution in [3.63, 3.8) is 0 Å². The Morgan fingerprint density at radius 3 is 2.63 bits per heavy atom. The van der Waals surface area contributed by atoms with Gasteiger partial charge in [0.05, 0.1) is 16.4 Å². The molecule has 1 aliphatic rings. The van der Waals surface area contributed by atoms with Crippen LogP contribution in [0.15, 0.2) is 34.5 Å². The molecule has 0 saturated carbocycles. The number of carbonyl (C=O) groups excluding carboxylic acids is 1. The molecule has 19 heavy (non-hydrogen) atoms. The van der Waals surface area contributed by atoms with Crippen LogP contribution >= 0.6 is 11.8 Å². The lowest BCUT2D eigenvalue weighted by Gasteiger charge is -1.92. The number of nitrogens with one attached hydrogen (secondary N) is 1. The standard InChI is InChI=1S/C11H10N4O3S/c1-7-10(16)13-11(19-7)14-12-6-8-2-4-9(5-3-8)15(17)18/h2-7H,1H3,(H,13,14,16)/b12-6+/t7-/m1/s1. The summed E-state index contributed by atoms with van der Waals surface area (Å²) in [5.41, 5.74) is 0.716. The molecule has 0 spiro atoms. The van der Waals surface area contributed by atoms with Gasteiger partial charge in [0.1, 0.15) is 0 Å². The molecule has 0 aliphatic carbocycles. The lowest BCUT2D eigenvalue weighted by Crippen LogP contribution is -2.23. The van der Waals surface area contributed by atoms with Crippen molar-refractivity contribution in [2.75, 3.05) is 0 Å². The number of nitrogens with zero attached hydrogens (tertiary/aromatic N) is 3. The van der Waals surface area contributed by atoms with E-state index in [1.807, 2.05) is 0 Å². The average molecular weight is 278 g/mol. The Kier molecular flexibility index (Phi) is 3.91. The number of nitro benzene ring substituents is 1. The van der Waals surface area contributed by atoms with Gasteiger partial charge in [-0.1, -0.05) is 11.8 Å². The van der Waals surface area contributed by atoms with Crippen molar-refractivity contribution in [3.05, 3.63) is 39.9 Å². The molecule has 1 heterocycles. The van der Waals surface area contributed by atoms with Crippen LogP contribution in [0, 0.1) is 10.1 Å². The first-order valence-electron chi connectivity index (χ1n) is 5.39. The maximum atomic E-state index is 11.2. The van der Waals surface area contributed by atoms with E-state index in [0.29, 0.717) is 10.7 Å². The fourth-order valence-electron chi connectivity index (χ4n) is 1.34. The molecule has 98 valence electrons. The number of nitro groups is 1. The number of rotatable bonds is 3. The molecule has 8 heteroatoms. The van der Waals surface area contributed by atoms with Crippen LogP contribution in [0.1, 0.15) is 12.5 Å². The third kappa shape index (κ3) is 3.38. The van der Waals surface area contributed by atoms with Crippen molar-refractivity contribution < 1.29 is 9.72 Å². The molecule has 1 aromatic carbocycles. The van der Waals surface area contributed by atoms with Crippen molar-refractivity contribution >= 4 is 34.7 Å². The number of amides is 1. The second-order valence-electron chi connectivity index (χ2n) is 3.75. The molecule has 1 fully saturated rings. The summed E-state index contributed by atoms with van der Waals surface area (Å²) >= 11 is 1.30. The Morgan fingerprint density at radius 2 is 2.11 bits per heavy atom. The van der Waals surface area contributed by atoms with Crippen molar-refractivity contribution in [1.29, 1.82) is 0 Å². The second-order valence-corrected chi connectivity index (χ2v) is 5.08. The van der Waals surface area contributed by atoms with E-state index in [1.54, 1.807) is 19.1 Å². The summed E-state index contributed by atoms with van der Waals surface area (Å²) in [6, 6.07) is 5.93. The molecule has 0 radical (unpaired) electrons. The number of amidine groups is 1. The summed E-state index contributed by atoms with van der Waals surface area (Å²) in [5.74, 6) is -0.0886. The van der Waals surface area contributed by atoms with E-state index in [9.17, 15) is 14.9 Å². The van der Waals surface area contributed by atoms with Gasteiger partial charge in [-0.3, -0.25) is 14.9 Å². The molecule has 1 amide bonds. The van der Waals surface area contributed by atoms with Crippen LogP contribution in [-0.2, 0) is 4.79 Å². The number of benzene rings is 1. The van der Waals surface area contributed by atoms with Crippen LogP contribution in [0.4, 0.5) is 5.69 Å². The van der Waals surface area contributed by atoms with Gasteiger partial charge in [-0.25, -0.2) is 0 Å². The monoisotopic (exact) mass is 278 g/mol. The molecule has 1 aromatic rings. The van der Waals surface area contributed by atoms with Gasteiger partial charge >= 0.3 is 0 Å². The Bertz CT molecular complexity index is 568. The highest BCUT2D eigenvalue weighted by atomic mass is 32.2. The van der Waals surface area contributed by atoms with Crippen molar-refractivity contribution in [2.45, 2.75) is 12.2 Å². The fraction of sp³-hybridized carbons (Fsp3) is 0.182. The number of hydrogen-bond donors (Lipinski definition) is 1. The first-order chi connectivity index (χ1) is 9.06. The van der Waals surface area contributed by atoms with Gasteiger partial charge in [-0.2, -0.15) is 5.10 Å². The van der Waals surface area contributed by atoms with Gasteiger partial charge < -0.3 is 5.32 Å². The third-order valence-electron chi connectivity index (χ3n) is 2.35. The largest absolute Gasteiger partial charge is 0.303 e. The number of thioether (sulfide) groups is 1. The highest BCUT2D eigenvalue weighted by Gasteiger charge is 2.25. The van der Waals surface area contributed by atoms with E-state index < -0.39 is 4.92 Å². The summed E-state index contributed by atoms with van der Waals surface area (Å²) in [6.07, 6.45) is 1.46. The molecule has 0 aromatic heterocycles. The molecular weight excluding hydrogens is 268 g/mol. The predicted octanol–water partition coefficient (Wildman–Crippen LogP) is 1.54. The normalized spacial score (nSPS) is 21.0. The van der Waals surface area contributed by atoms with E-state index in [2.05, 4.69) is 15.5 Å². The Hall–Kier alpha value is -2.22. The summed E-state index contributed by atoms with van der Waals surface area (Å²) in [5, 5.41) is 21.0. The summed E-state index contributed by atoms with van der Waals surface area (Å²) in [6.45, 7) is 1.78. The number of carbonyl (C=O) groups is 1. The molecule has 7 nitrogen and oxygen atoms in total. The molecule has 1 N–H and O–H groups in total. The zero-order chi connectivity index (χ0) is 13.8. The Morgan fingerprint density at radius 1 is 1.42 bits per heavy atom. The van der Waals surface area contributed by atoms with E-state index in [4.69, 9.17) is 0 Å². The van der Waals surface area contributed by atoms with Crippen LogP contribution in [0.5, 0.6) is 0 Å². The predicted molar refractivity (Wildman–Crippen MR) is 73.3 cm³/mol. The lowest BCUT2D eigenvalue weighted by atomic mass is 10.2. The van der Waals surface area contributed by atoms with E-state index >= 15 is 0 Å². The van der Waals surface area contributed by atoms with E-state index in [-0.39, 0.29) is 16.8 Å². The van der Waals surface area contributed by atoms with Crippen molar-refractivity contribution in [3.8, 4) is 0 Å². The molecule has 1 aliphatic heterocycles. The summed E-state index contributed by atoms with van der Waals surface area (Å²) in [4.78, 5) is 21.2. The minimum absolute atomic E-state index is 0.0240. The van der Waals surface area contributed by atoms with E-state index in [1.165, 1.54) is 30.1 Å². The maximum absolute atomic E-state index is 11.2. The first-order valence-corrected chi connectivity index (χ1v) is 6.27. The van der Waals surface area contributed by atoms with Gasteiger partial charge in [-0.05, 0) is 24.6 Å². The molecular formula is C11H10N4O3S. The topological polar surface area (TPSA) is 97.0 Å². The molecule has 2 rings (SSSR count). The van der Waals surface area contributed by atoms with Crippen molar-refractivity contribution in [2.24, 2.45) is 10.2 Å². The maximum Gasteiger partial charge on any atom is 0.269 e. The minimum Gasteiger partial charge on any atom is -0.303 e. The van der Waals surface area contributed by atoms with Gasteiger partial charge in [0.25, 0.3) is 5.69 Å². The van der Waals surface area contributed by atoms with Crippen molar-refractivity contribution in [1.82, 2.24) is 5.32 Å². The summed E-state index contributed by atoms with van der Waals surface area (Å²) in [7, 11) is 0. The second kappa shape index (κ2) is 5.61. The SMILES string of the molecule is C[C@H]1S/C(=N\N=C\c2ccc([N+](=O)[O-])cc2)NC1=O. The smallest absolute Gasteiger partial charge is 0.269 e.